The van der Waals surface area contributed by atoms with Crippen LogP contribution in [-0.4, -0.2) is 30.8 Å². The molecule has 1 N–H and O–H groups in total. The van der Waals surface area contributed by atoms with Crippen molar-refractivity contribution in [3.63, 3.8) is 0 Å². The van der Waals surface area contributed by atoms with E-state index in [0.717, 1.165) is 21.1 Å². The van der Waals surface area contributed by atoms with Gasteiger partial charge in [0.25, 0.3) is 0 Å². The van der Waals surface area contributed by atoms with Gasteiger partial charge in [0.05, 0.1) is 16.8 Å². The van der Waals surface area contributed by atoms with Gasteiger partial charge in [0.2, 0.25) is 5.91 Å². The van der Waals surface area contributed by atoms with Crippen LogP contribution in [0, 0.1) is 0 Å². The van der Waals surface area contributed by atoms with E-state index >= 15 is 0 Å². The summed E-state index contributed by atoms with van der Waals surface area (Å²) in [7, 11) is 0. The Morgan fingerprint density at radius 1 is 1.09 bits per heavy atom. The number of ether oxygens (including phenoxy) is 1. The summed E-state index contributed by atoms with van der Waals surface area (Å²) < 4.78 is 5.93. The highest BCUT2D eigenvalue weighted by atomic mass is 35.5. The Kier molecular flexibility index (Phi) is 7.70. The van der Waals surface area contributed by atoms with Crippen LogP contribution < -0.4 is 15.0 Å². The molecule has 5 nitrogen and oxygen atoms in total. The summed E-state index contributed by atoms with van der Waals surface area (Å²) in [6, 6.07) is 23.2. The van der Waals surface area contributed by atoms with Crippen molar-refractivity contribution in [3.05, 3.63) is 83.4 Å². The van der Waals surface area contributed by atoms with Gasteiger partial charge in [0, 0.05) is 29.3 Å². The highest BCUT2D eigenvalue weighted by Gasteiger charge is 2.31. The maximum absolute atomic E-state index is 12.8. The first-order chi connectivity index (χ1) is 16.0. The van der Waals surface area contributed by atoms with E-state index < -0.39 is 6.04 Å². The molecule has 0 aliphatic carbocycles. The van der Waals surface area contributed by atoms with Gasteiger partial charge in [-0.05, 0) is 48.9 Å². The number of halogens is 1. The Morgan fingerprint density at radius 3 is 2.64 bits per heavy atom. The number of benzene rings is 3. The van der Waals surface area contributed by atoms with Crippen LogP contribution in [0.5, 0.6) is 5.75 Å². The number of piperazine rings is 1. The first kappa shape index (κ1) is 23.4. The zero-order valence-corrected chi connectivity index (χ0v) is 19.9. The second-order valence-corrected chi connectivity index (χ2v) is 9.42. The Morgan fingerprint density at radius 2 is 1.88 bits per heavy atom. The topological polar surface area (TPSA) is 58.6 Å². The number of carbonyl (C=O) groups is 2. The van der Waals surface area contributed by atoms with E-state index in [-0.39, 0.29) is 18.1 Å². The van der Waals surface area contributed by atoms with Gasteiger partial charge in [-0.2, -0.15) is 0 Å². The van der Waals surface area contributed by atoms with Gasteiger partial charge >= 0.3 is 0 Å². The van der Waals surface area contributed by atoms with Crippen molar-refractivity contribution < 1.29 is 14.3 Å². The summed E-state index contributed by atoms with van der Waals surface area (Å²) in [5, 5.41) is 3.63. The lowest BCUT2D eigenvalue weighted by molar-refractivity contribution is -0.125. The maximum atomic E-state index is 12.8. The second kappa shape index (κ2) is 10.9. The third kappa shape index (κ3) is 6.16. The third-order valence-corrected chi connectivity index (χ3v) is 6.56. The summed E-state index contributed by atoms with van der Waals surface area (Å²) in [5.74, 6) is 0.659. The third-order valence-electron chi connectivity index (χ3n) is 5.28. The molecule has 0 radical (unpaired) electrons. The fraction of sp³-hybridized carbons (Fsp3) is 0.231. The predicted molar refractivity (Wildman–Crippen MR) is 132 cm³/mol. The second-order valence-electron chi connectivity index (χ2n) is 7.87. The first-order valence-electron chi connectivity index (χ1n) is 10.8. The van der Waals surface area contributed by atoms with Gasteiger partial charge in [0.1, 0.15) is 18.1 Å². The molecule has 1 aliphatic rings. The zero-order chi connectivity index (χ0) is 23.2. The molecule has 0 saturated carbocycles. The molecule has 0 aromatic heterocycles. The van der Waals surface area contributed by atoms with E-state index in [1.165, 1.54) is 6.92 Å². The Labute approximate surface area is 203 Å². The fourth-order valence-corrected chi connectivity index (χ4v) is 4.95. The molecule has 33 heavy (non-hydrogen) atoms. The monoisotopic (exact) mass is 480 g/mol. The lowest BCUT2D eigenvalue weighted by atomic mass is 10.1. The van der Waals surface area contributed by atoms with Crippen molar-refractivity contribution in [2.45, 2.75) is 35.8 Å². The van der Waals surface area contributed by atoms with E-state index in [0.29, 0.717) is 30.4 Å². The number of Topliss-reactive ketones (excluding diaryl/α,β-unsaturated/α-hetero) is 1. The molecule has 3 aromatic carbocycles. The smallest absolute Gasteiger partial charge is 0.244 e. The van der Waals surface area contributed by atoms with Crippen LogP contribution >= 0.6 is 23.4 Å². The Balaban J connectivity index is 1.43. The van der Waals surface area contributed by atoms with Crippen molar-refractivity contribution in [1.82, 2.24) is 5.32 Å². The normalized spacial score (nSPS) is 16.0. The molecule has 170 valence electrons. The van der Waals surface area contributed by atoms with Crippen LogP contribution in [0.25, 0.3) is 0 Å². The summed E-state index contributed by atoms with van der Waals surface area (Å²) in [6.07, 6.45) is 0.184. The van der Waals surface area contributed by atoms with Crippen LogP contribution in [0.3, 0.4) is 0 Å². The minimum absolute atomic E-state index is 0.0180. The molecule has 1 aliphatic heterocycles. The van der Waals surface area contributed by atoms with Crippen molar-refractivity contribution in [1.29, 1.82) is 0 Å². The van der Waals surface area contributed by atoms with E-state index in [9.17, 15) is 9.59 Å². The van der Waals surface area contributed by atoms with Gasteiger partial charge < -0.3 is 15.0 Å². The molecule has 7 heteroatoms. The molecule has 0 spiro atoms. The minimum atomic E-state index is -0.500. The molecule has 0 bridgehead atoms. The van der Waals surface area contributed by atoms with Crippen molar-refractivity contribution in [2.75, 3.05) is 18.0 Å². The SMILES string of the molecule is CC(=O)CC1NCCN(c2ccc(Sc3cccc(OCc4ccccc4)c3)cc2Cl)C1=O. The van der Waals surface area contributed by atoms with Crippen LogP contribution in [0.15, 0.2) is 82.6 Å². The molecule has 1 atom stereocenters. The Bertz CT molecular complexity index is 1140. The van der Waals surface area contributed by atoms with Gasteiger partial charge in [-0.3, -0.25) is 9.59 Å². The van der Waals surface area contributed by atoms with Gasteiger partial charge in [-0.1, -0.05) is 59.8 Å². The lowest BCUT2D eigenvalue weighted by Gasteiger charge is -2.33. The molecular weight excluding hydrogens is 456 g/mol. The number of ketones is 1. The van der Waals surface area contributed by atoms with Gasteiger partial charge in [-0.15, -0.1) is 0 Å². The van der Waals surface area contributed by atoms with Crippen LogP contribution in [0.4, 0.5) is 5.69 Å². The largest absolute Gasteiger partial charge is 0.489 e. The van der Waals surface area contributed by atoms with Crippen molar-refractivity contribution in [3.8, 4) is 5.75 Å². The number of hydrogen-bond acceptors (Lipinski definition) is 5. The summed E-state index contributed by atoms with van der Waals surface area (Å²) in [4.78, 5) is 28.0. The number of nitrogens with zero attached hydrogens (tertiary/aromatic N) is 1. The summed E-state index contributed by atoms with van der Waals surface area (Å²) in [5.41, 5.74) is 1.78. The number of nitrogens with one attached hydrogen (secondary N) is 1. The molecule has 1 unspecified atom stereocenters. The van der Waals surface area contributed by atoms with E-state index in [2.05, 4.69) is 5.32 Å². The van der Waals surface area contributed by atoms with Crippen molar-refractivity contribution in [2.24, 2.45) is 0 Å². The lowest BCUT2D eigenvalue weighted by Crippen LogP contribution is -2.55. The highest BCUT2D eigenvalue weighted by molar-refractivity contribution is 7.99. The Hall–Kier alpha value is -2.80. The maximum Gasteiger partial charge on any atom is 0.244 e. The highest BCUT2D eigenvalue weighted by Crippen LogP contribution is 2.36. The molecule has 4 rings (SSSR count). The predicted octanol–water partition coefficient (Wildman–Crippen LogP) is 5.35. The number of amides is 1. The molecule has 3 aromatic rings. The average Bonchev–Trinajstić information content (AvgIpc) is 2.80. The molecule has 1 amide bonds. The zero-order valence-electron chi connectivity index (χ0n) is 18.3. The standard InChI is InChI=1S/C26H25ClN2O3S/c1-18(30)14-24-26(31)29(13-12-28-24)25-11-10-22(16-23(25)27)33-21-9-5-8-20(15-21)32-17-19-6-3-2-4-7-19/h2-11,15-16,24,28H,12-14,17H2,1H3. The fourth-order valence-electron chi connectivity index (χ4n) is 3.70. The molecule has 1 saturated heterocycles. The minimum Gasteiger partial charge on any atom is -0.489 e. The summed E-state index contributed by atoms with van der Waals surface area (Å²) in [6.45, 7) is 3.14. The molecule has 1 heterocycles. The molecule has 1 fully saturated rings. The quantitative estimate of drug-likeness (QED) is 0.470. The first-order valence-corrected chi connectivity index (χ1v) is 12.0. The summed E-state index contributed by atoms with van der Waals surface area (Å²) >= 11 is 8.16. The van der Waals surface area contributed by atoms with E-state index in [1.54, 1.807) is 16.7 Å². The van der Waals surface area contributed by atoms with E-state index in [1.807, 2.05) is 72.8 Å². The average molecular weight is 481 g/mol. The number of carbonyl (C=O) groups excluding carboxylic acids is 2. The van der Waals surface area contributed by atoms with Crippen molar-refractivity contribution >= 4 is 40.7 Å². The molecular formula is C26H25ClN2O3S. The van der Waals surface area contributed by atoms with Crippen LogP contribution in [-0.2, 0) is 16.2 Å². The number of anilines is 1. The van der Waals surface area contributed by atoms with Crippen LogP contribution in [0.2, 0.25) is 5.02 Å². The number of rotatable bonds is 8. The van der Waals surface area contributed by atoms with Crippen LogP contribution in [0.1, 0.15) is 18.9 Å². The van der Waals surface area contributed by atoms with E-state index in [4.69, 9.17) is 16.3 Å². The number of hydrogen-bond donors (Lipinski definition) is 1. The van der Waals surface area contributed by atoms with Gasteiger partial charge in [-0.25, -0.2) is 0 Å². The van der Waals surface area contributed by atoms with Gasteiger partial charge in [0.15, 0.2) is 0 Å².